The highest BCUT2D eigenvalue weighted by molar-refractivity contribution is 6.32. The number of fused-ring (bicyclic) bond motifs is 2. The molecule has 3 aromatic rings. The second-order valence-corrected chi connectivity index (χ2v) is 7.41. The number of nitrogens with zero attached hydrogens (tertiary/aromatic N) is 2. The van der Waals surface area contributed by atoms with Crippen molar-refractivity contribution < 1.29 is 24.1 Å². The van der Waals surface area contributed by atoms with Crippen LogP contribution in [0.3, 0.4) is 0 Å². The second-order valence-electron chi connectivity index (χ2n) is 6.56. The van der Waals surface area contributed by atoms with Crippen LogP contribution in [0.25, 0.3) is 11.2 Å². The van der Waals surface area contributed by atoms with Crippen LogP contribution in [0.5, 0.6) is 17.6 Å². The minimum Gasteiger partial charge on any atom is -0.456 e. The average molecular weight is 424 g/mol. The molecule has 146 valence electrons. The molecule has 4 atom stereocenters. The van der Waals surface area contributed by atoms with Crippen molar-refractivity contribution in [1.82, 2.24) is 15.0 Å². The molecular formula is C18H15Cl2N3O5. The maximum absolute atomic E-state index is 9.82. The molecule has 10 heteroatoms. The highest BCUT2D eigenvalue weighted by Crippen LogP contribution is 2.33. The van der Waals surface area contributed by atoms with Crippen LogP contribution in [0.15, 0.2) is 30.3 Å². The Morgan fingerprint density at radius 3 is 2.68 bits per heavy atom. The standard InChI is InChI=1S/C18H15Cl2N3O5/c19-8-1-3-9(4-2-8)27-17-10(20)5-11-16(22-17)23-18(21-11)28-13-7-26-14-12(24)6-25-15(13)14/h1-5,12-15,24H,6-7H2,(H,21,22,23)/t12-,13-,14-,15?/m1/s1. The molecule has 1 aromatic carbocycles. The van der Waals surface area contributed by atoms with Gasteiger partial charge in [-0.15, -0.1) is 0 Å². The molecule has 2 fully saturated rings. The maximum atomic E-state index is 9.82. The molecule has 0 radical (unpaired) electrons. The number of rotatable bonds is 4. The van der Waals surface area contributed by atoms with E-state index in [0.29, 0.717) is 33.6 Å². The van der Waals surface area contributed by atoms with E-state index in [-0.39, 0.29) is 36.8 Å². The highest BCUT2D eigenvalue weighted by atomic mass is 35.5. The van der Waals surface area contributed by atoms with E-state index < -0.39 is 6.10 Å². The normalized spacial score (nSPS) is 26.5. The summed E-state index contributed by atoms with van der Waals surface area (Å²) in [4.78, 5) is 11.7. The molecule has 4 heterocycles. The summed E-state index contributed by atoms with van der Waals surface area (Å²) in [5.41, 5.74) is 0.998. The molecule has 0 spiro atoms. The van der Waals surface area contributed by atoms with Crippen molar-refractivity contribution in [3.05, 3.63) is 40.4 Å². The van der Waals surface area contributed by atoms with Gasteiger partial charge in [0.2, 0.25) is 5.88 Å². The Morgan fingerprint density at radius 1 is 1.07 bits per heavy atom. The predicted octanol–water partition coefficient (Wildman–Crippen LogP) is 2.96. The third kappa shape index (κ3) is 3.27. The van der Waals surface area contributed by atoms with Gasteiger partial charge in [0.25, 0.3) is 6.01 Å². The van der Waals surface area contributed by atoms with Crippen LogP contribution in [0.2, 0.25) is 10.0 Å². The quantitative estimate of drug-likeness (QED) is 0.665. The van der Waals surface area contributed by atoms with E-state index >= 15 is 0 Å². The average Bonchev–Trinajstić information content (AvgIpc) is 3.35. The Labute approximate surface area is 169 Å². The van der Waals surface area contributed by atoms with Gasteiger partial charge in [-0.2, -0.15) is 9.97 Å². The zero-order valence-corrected chi connectivity index (χ0v) is 15.9. The molecule has 8 nitrogen and oxygen atoms in total. The molecular weight excluding hydrogens is 409 g/mol. The van der Waals surface area contributed by atoms with Gasteiger partial charge in [-0.3, -0.25) is 0 Å². The van der Waals surface area contributed by atoms with Crippen LogP contribution < -0.4 is 9.47 Å². The van der Waals surface area contributed by atoms with E-state index in [0.717, 1.165) is 0 Å². The van der Waals surface area contributed by atoms with Gasteiger partial charge >= 0.3 is 0 Å². The zero-order valence-electron chi connectivity index (χ0n) is 14.3. The summed E-state index contributed by atoms with van der Waals surface area (Å²) < 4.78 is 22.7. The fraction of sp³-hybridized carbons (Fsp3) is 0.333. The number of ether oxygens (including phenoxy) is 4. The van der Waals surface area contributed by atoms with Crippen LogP contribution in [0.4, 0.5) is 0 Å². The van der Waals surface area contributed by atoms with E-state index in [4.69, 9.17) is 42.1 Å². The number of aromatic amines is 1. The number of H-pyrrole nitrogens is 1. The second kappa shape index (κ2) is 7.06. The number of aliphatic hydroxyl groups is 1. The van der Waals surface area contributed by atoms with Gasteiger partial charge in [-0.25, -0.2) is 0 Å². The SMILES string of the molecule is O[C@@H]1COC2[C@H](Oc3nc4nc(Oc5ccc(Cl)cc5)c(Cl)cc4[nH]3)CO[C@@H]21. The first kappa shape index (κ1) is 18.0. The summed E-state index contributed by atoms with van der Waals surface area (Å²) in [5.74, 6) is 0.775. The van der Waals surface area contributed by atoms with Gasteiger partial charge in [0.15, 0.2) is 11.8 Å². The number of halogens is 2. The van der Waals surface area contributed by atoms with E-state index in [1.165, 1.54) is 0 Å². The van der Waals surface area contributed by atoms with E-state index in [2.05, 4.69) is 15.0 Å². The fourth-order valence-electron chi connectivity index (χ4n) is 3.31. The number of benzene rings is 1. The topological polar surface area (TPSA) is 98.7 Å². The molecule has 0 bridgehead atoms. The molecule has 2 aliphatic rings. The number of nitrogens with one attached hydrogen (secondary N) is 1. The predicted molar refractivity (Wildman–Crippen MR) is 100 cm³/mol. The Bertz CT molecular complexity index is 1010. The van der Waals surface area contributed by atoms with Crippen molar-refractivity contribution in [2.45, 2.75) is 24.4 Å². The lowest BCUT2D eigenvalue weighted by Gasteiger charge is -2.15. The number of aromatic nitrogens is 3. The summed E-state index contributed by atoms with van der Waals surface area (Å²) in [6.45, 7) is 0.542. The molecule has 1 unspecified atom stereocenters. The molecule has 0 saturated carbocycles. The van der Waals surface area contributed by atoms with Gasteiger partial charge in [0.05, 0.1) is 18.7 Å². The van der Waals surface area contributed by atoms with Crippen molar-refractivity contribution in [3.8, 4) is 17.6 Å². The highest BCUT2D eigenvalue weighted by Gasteiger charge is 2.48. The van der Waals surface area contributed by atoms with Gasteiger partial charge in [0, 0.05) is 5.02 Å². The lowest BCUT2D eigenvalue weighted by molar-refractivity contribution is 0.00706. The Hall–Kier alpha value is -2.10. The lowest BCUT2D eigenvalue weighted by atomic mass is 10.1. The third-order valence-electron chi connectivity index (χ3n) is 4.65. The summed E-state index contributed by atoms with van der Waals surface area (Å²) in [6.07, 6.45) is -1.71. The molecule has 2 saturated heterocycles. The molecule has 5 rings (SSSR count). The minimum atomic E-state index is -0.637. The zero-order chi connectivity index (χ0) is 19.3. The van der Waals surface area contributed by atoms with Gasteiger partial charge < -0.3 is 29.0 Å². The van der Waals surface area contributed by atoms with Crippen molar-refractivity contribution in [2.75, 3.05) is 13.2 Å². The molecule has 0 amide bonds. The molecule has 2 N–H and O–H groups in total. The largest absolute Gasteiger partial charge is 0.456 e. The Kier molecular flexibility index (Phi) is 4.53. The van der Waals surface area contributed by atoms with Crippen LogP contribution in [-0.2, 0) is 9.47 Å². The molecule has 2 aliphatic heterocycles. The van der Waals surface area contributed by atoms with E-state index in [1.807, 2.05) is 0 Å². The summed E-state index contributed by atoms with van der Waals surface area (Å²) >= 11 is 12.2. The lowest BCUT2D eigenvalue weighted by Crippen LogP contribution is -2.34. The van der Waals surface area contributed by atoms with Gasteiger partial charge in [-0.05, 0) is 30.3 Å². The van der Waals surface area contributed by atoms with Crippen LogP contribution >= 0.6 is 23.2 Å². The minimum absolute atomic E-state index is 0.223. The number of pyridine rings is 1. The third-order valence-corrected chi connectivity index (χ3v) is 5.17. The fourth-order valence-corrected chi connectivity index (χ4v) is 3.63. The number of hydrogen-bond donors (Lipinski definition) is 2. The van der Waals surface area contributed by atoms with Crippen molar-refractivity contribution in [3.63, 3.8) is 0 Å². The first-order valence-corrected chi connectivity index (χ1v) is 9.40. The van der Waals surface area contributed by atoms with Crippen molar-refractivity contribution >= 4 is 34.4 Å². The van der Waals surface area contributed by atoms with Gasteiger partial charge in [-0.1, -0.05) is 23.2 Å². The van der Waals surface area contributed by atoms with Crippen LogP contribution in [0.1, 0.15) is 0 Å². The molecule has 0 aliphatic carbocycles. The molecule has 2 aromatic heterocycles. The Morgan fingerprint density at radius 2 is 1.86 bits per heavy atom. The van der Waals surface area contributed by atoms with Crippen LogP contribution in [-0.4, -0.2) is 57.7 Å². The van der Waals surface area contributed by atoms with Crippen LogP contribution in [0, 0.1) is 0 Å². The first-order valence-electron chi connectivity index (χ1n) is 8.64. The van der Waals surface area contributed by atoms with E-state index in [9.17, 15) is 5.11 Å². The molecule has 28 heavy (non-hydrogen) atoms. The number of imidazole rings is 1. The maximum Gasteiger partial charge on any atom is 0.296 e. The summed E-state index contributed by atoms with van der Waals surface area (Å²) in [7, 11) is 0. The number of aliphatic hydroxyl groups excluding tert-OH is 1. The first-order chi connectivity index (χ1) is 13.6. The van der Waals surface area contributed by atoms with Crippen molar-refractivity contribution in [1.29, 1.82) is 0 Å². The van der Waals surface area contributed by atoms with Crippen molar-refractivity contribution in [2.24, 2.45) is 0 Å². The smallest absolute Gasteiger partial charge is 0.296 e. The summed E-state index contributed by atoms with van der Waals surface area (Å²) in [5, 5.41) is 10.7. The van der Waals surface area contributed by atoms with E-state index in [1.54, 1.807) is 30.3 Å². The number of hydrogen-bond acceptors (Lipinski definition) is 7. The Balaban J connectivity index is 1.36. The summed E-state index contributed by atoms with van der Waals surface area (Å²) in [6, 6.07) is 8.79. The van der Waals surface area contributed by atoms with Gasteiger partial charge in [0.1, 0.15) is 29.1 Å². The monoisotopic (exact) mass is 423 g/mol.